The molecule has 0 radical (unpaired) electrons. The van der Waals surface area contributed by atoms with Gasteiger partial charge in [0.2, 0.25) is 5.91 Å². The van der Waals surface area contributed by atoms with Gasteiger partial charge in [0.1, 0.15) is 6.10 Å². The molecule has 3 atom stereocenters. The Labute approximate surface area is 353 Å². The maximum atomic E-state index is 13.1. The number of amides is 1. The fourth-order valence-corrected chi connectivity index (χ4v) is 7.19. The van der Waals surface area contributed by atoms with Crippen LogP contribution in [0, 0.1) is 0 Å². The molecule has 0 aromatic rings. The number of aliphatic hydroxyl groups is 2. The number of nitrogens with one attached hydrogen (secondary N) is 1. The van der Waals surface area contributed by atoms with Crippen LogP contribution in [0.1, 0.15) is 239 Å². The van der Waals surface area contributed by atoms with Crippen molar-refractivity contribution < 1.29 is 24.5 Å². The predicted molar refractivity (Wildman–Crippen MR) is 245 cm³/mol. The minimum atomic E-state index is -0.796. The Morgan fingerprint density at radius 1 is 0.509 bits per heavy atom. The van der Waals surface area contributed by atoms with Gasteiger partial charge in [0.25, 0.3) is 0 Å². The number of hydrogen-bond acceptors (Lipinski definition) is 5. The summed E-state index contributed by atoms with van der Waals surface area (Å²) in [7, 11) is 0. The summed E-state index contributed by atoms with van der Waals surface area (Å²) in [6.07, 6.45) is 53.1. The number of unbranched alkanes of at least 4 members (excludes halogenated alkanes) is 25. The number of carbonyl (C=O) groups excluding carboxylic acids is 2. The summed E-state index contributed by atoms with van der Waals surface area (Å²) < 4.78 is 5.90. The zero-order valence-corrected chi connectivity index (χ0v) is 37.7. The van der Waals surface area contributed by atoms with Crippen molar-refractivity contribution in [3.05, 3.63) is 48.6 Å². The van der Waals surface area contributed by atoms with Crippen molar-refractivity contribution in [1.82, 2.24) is 5.32 Å². The molecule has 0 fully saturated rings. The van der Waals surface area contributed by atoms with E-state index in [1.54, 1.807) is 0 Å². The molecule has 0 aliphatic heterocycles. The highest BCUT2D eigenvalue weighted by Gasteiger charge is 2.24. The monoisotopic (exact) mass is 800 g/mol. The van der Waals surface area contributed by atoms with E-state index in [9.17, 15) is 19.8 Å². The lowest BCUT2D eigenvalue weighted by molar-refractivity contribution is -0.151. The highest BCUT2D eigenvalue weighted by atomic mass is 16.5. The molecule has 1 amide bonds. The van der Waals surface area contributed by atoms with Gasteiger partial charge in [-0.2, -0.15) is 0 Å². The number of ether oxygens (including phenoxy) is 1. The van der Waals surface area contributed by atoms with Crippen LogP contribution in [0.15, 0.2) is 48.6 Å². The summed E-state index contributed by atoms with van der Waals surface area (Å²) in [6, 6.07) is -0.712. The van der Waals surface area contributed by atoms with E-state index in [-0.39, 0.29) is 24.9 Å². The molecule has 3 unspecified atom stereocenters. The van der Waals surface area contributed by atoms with Gasteiger partial charge >= 0.3 is 5.97 Å². The van der Waals surface area contributed by atoms with Crippen LogP contribution in [0.4, 0.5) is 0 Å². The second kappa shape index (κ2) is 44.9. The van der Waals surface area contributed by atoms with Crippen molar-refractivity contribution in [3.63, 3.8) is 0 Å². The minimum Gasteiger partial charge on any atom is -0.462 e. The average Bonchev–Trinajstić information content (AvgIpc) is 3.20. The predicted octanol–water partition coefficient (Wildman–Crippen LogP) is 14.3. The van der Waals surface area contributed by atoms with E-state index in [0.717, 1.165) is 77.0 Å². The summed E-state index contributed by atoms with van der Waals surface area (Å²) in [5.74, 6) is -0.517. The Kier molecular flexibility index (Phi) is 43.2. The fourth-order valence-electron chi connectivity index (χ4n) is 7.19. The lowest BCUT2D eigenvalue weighted by Gasteiger charge is -2.24. The molecule has 0 saturated heterocycles. The van der Waals surface area contributed by atoms with Gasteiger partial charge in [-0.3, -0.25) is 9.59 Å². The van der Waals surface area contributed by atoms with Crippen LogP contribution in [0.25, 0.3) is 0 Å². The smallest absolute Gasteiger partial charge is 0.306 e. The third-order valence-electron chi connectivity index (χ3n) is 10.9. The molecule has 0 aliphatic carbocycles. The third-order valence-corrected chi connectivity index (χ3v) is 10.9. The van der Waals surface area contributed by atoms with Crippen LogP contribution < -0.4 is 5.32 Å². The molecule has 0 spiro atoms. The first-order valence-corrected chi connectivity index (χ1v) is 24.4. The number of aliphatic hydroxyl groups excluding tert-OH is 2. The Hall–Kier alpha value is -2.18. The SMILES string of the molecule is CCCCC/C=C\CCCCCCCC(=O)OC(CCCCC/C=C/C=C/C=C/CCCCCCC)CC(=O)NC(CO)C(O)CCCCCCCCCCCC. The van der Waals surface area contributed by atoms with Crippen LogP contribution in [0.2, 0.25) is 0 Å². The van der Waals surface area contributed by atoms with Crippen LogP contribution in [-0.4, -0.2) is 46.9 Å². The Morgan fingerprint density at radius 3 is 1.44 bits per heavy atom. The van der Waals surface area contributed by atoms with Gasteiger partial charge in [-0.05, 0) is 77.0 Å². The number of esters is 1. The van der Waals surface area contributed by atoms with Gasteiger partial charge in [0.05, 0.1) is 25.2 Å². The van der Waals surface area contributed by atoms with Crippen LogP contribution in [-0.2, 0) is 14.3 Å². The molecule has 0 bridgehead atoms. The Bertz CT molecular complexity index is 988. The minimum absolute atomic E-state index is 0.0517. The van der Waals surface area contributed by atoms with Crippen molar-refractivity contribution in [3.8, 4) is 0 Å². The van der Waals surface area contributed by atoms with E-state index in [1.807, 2.05) is 0 Å². The Balaban J connectivity index is 4.69. The maximum Gasteiger partial charge on any atom is 0.306 e. The number of allylic oxidation sites excluding steroid dienone is 8. The molecule has 0 aromatic heterocycles. The molecular weight excluding hydrogens is 707 g/mol. The maximum absolute atomic E-state index is 13.1. The molecule has 0 saturated carbocycles. The van der Waals surface area contributed by atoms with E-state index >= 15 is 0 Å². The highest BCUT2D eigenvalue weighted by molar-refractivity contribution is 5.77. The summed E-state index contributed by atoms with van der Waals surface area (Å²) in [5.41, 5.74) is 0. The molecule has 57 heavy (non-hydrogen) atoms. The standard InChI is InChI=1S/C51H93NO5/c1-4-7-10-13-16-19-22-24-25-26-27-28-30-33-36-39-42-47(57-51(56)44-41-38-35-32-29-23-20-17-14-11-8-5-2)45-50(55)52-48(46-53)49(54)43-40-37-34-31-21-18-15-12-9-6-3/h17,20,22,24-28,47-49,53-54H,4-16,18-19,21,23,29-46H2,1-3H3,(H,52,55)/b20-17-,24-22+,26-25+,28-27+. The van der Waals surface area contributed by atoms with Crippen molar-refractivity contribution in [2.45, 2.75) is 257 Å². The number of rotatable bonds is 43. The van der Waals surface area contributed by atoms with Crippen molar-refractivity contribution in [2.24, 2.45) is 0 Å². The topological polar surface area (TPSA) is 95.9 Å². The molecule has 332 valence electrons. The first kappa shape index (κ1) is 54.8. The lowest BCUT2D eigenvalue weighted by Crippen LogP contribution is -2.46. The summed E-state index contributed by atoms with van der Waals surface area (Å²) >= 11 is 0. The molecule has 0 heterocycles. The lowest BCUT2D eigenvalue weighted by atomic mass is 10.0. The molecule has 0 aliphatic rings. The fraction of sp³-hybridized carbons (Fsp3) is 0.804. The highest BCUT2D eigenvalue weighted by Crippen LogP contribution is 2.17. The molecule has 0 rings (SSSR count). The number of hydrogen-bond donors (Lipinski definition) is 3. The average molecular weight is 800 g/mol. The van der Waals surface area contributed by atoms with Crippen molar-refractivity contribution in [1.29, 1.82) is 0 Å². The van der Waals surface area contributed by atoms with E-state index < -0.39 is 18.2 Å². The van der Waals surface area contributed by atoms with Crippen molar-refractivity contribution >= 4 is 11.9 Å². The van der Waals surface area contributed by atoms with E-state index in [2.05, 4.69) is 74.7 Å². The zero-order chi connectivity index (χ0) is 41.7. The molecule has 0 aromatic carbocycles. The van der Waals surface area contributed by atoms with Gasteiger partial charge in [-0.15, -0.1) is 0 Å². The largest absolute Gasteiger partial charge is 0.462 e. The van der Waals surface area contributed by atoms with E-state index in [1.165, 1.54) is 116 Å². The first-order chi connectivity index (χ1) is 28.0. The van der Waals surface area contributed by atoms with Gasteiger partial charge in [-0.25, -0.2) is 0 Å². The van der Waals surface area contributed by atoms with Gasteiger partial charge in [-0.1, -0.05) is 198 Å². The molecular formula is C51H93NO5. The van der Waals surface area contributed by atoms with E-state index in [0.29, 0.717) is 19.3 Å². The summed E-state index contributed by atoms with van der Waals surface area (Å²) in [6.45, 7) is 6.41. The zero-order valence-electron chi connectivity index (χ0n) is 37.7. The van der Waals surface area contributed by atoms with Crippen LogP contribution in [0.3, 0.4) is 0 Å². The summed E-state index contributed by atoms with van der Waals surface area (Å²) in [5, 5.41) is 23.6. The molecule has 6 nitrogen and oxygen atoms in total. The van der Waals surface area contributed by atoms with E-state index in [4.69, 9.17) is 4.74 Å². The first-order valence-electron chi connectivity index (χ1n) is 24.4. The summed E-state index contributed by atoms with van der Waals surface area (Å²) in [4.78, 5) is 26.0. The van der Waals surface area contributed by atoms with Crippen LogP contribution >= 0.6 is 0 Å². The van der Waals surface area contributed by atoms with Gasteiger partial charge in [0, 0.05) is 6.42 Å². The number of carbonyl (C=O) groups is 2. The third kappa shape index (κ3) is 40.4. The van der Waals surface area contributed by atoms with Crippen LogP contribution in [0.5, 0.6) is 0 Å². The normalized spacial score (nSPS) is 13.7. The molecule has 3 N–H and O–H groups in total. The van der Waals surface area contributed by atoms with Gasteiger partial charge in [0.15, 0.2) is 0 Å². The second-order valence-electron chi connectivity index (χ2n) is 16.6. The van der Waals surface area contributed by atoms with Gasteiger partial charge < -0.3 is 20.3 Å². The molecule has 6 heteroatoms. The Morgan fingerprint density at radius 2 is 0.912 bits per heavy atom. The second-order valence-corrected chi connectivity index (χ2v) is 16.6. The van der Waals surface area contributed by atoms with Crippen molar-refractivity contribution in [2.75, 3.05) is 6.61 Å². The quantitative estimate of drug-likeness (QED) is 0.0247.